The average Bonchev–Trinajstić information content (AvgIpc) is 2.94. The van der Waals surface area contributed by atoms with Gasteiger partial charge in [0.2, 0.25) is 5.91 Å². The van der Waals surface area contributed by atoms with Gasteiger partial charge in [0.15, 0.2) is 6.61 Å². The SMILES string of the molecule is CNc1snc(C)c1C(=O)OCC(=O)NC(=O)Cc1ccccc1. The maximum Gasteiger partial charge on any atom is 0.343 e. The van der Waals surface area contributed by atoms with E-state index in [-0.39, 0.29) is 6.42 Å². The molecule has 0 fully saturated rings. The molecule has 2 amide bonds. The van der Waals surface area contributed by atoms with Crippen LogP contribution in [-0.4, -0.2) is 35.8 Å². The summed E-state index contributed by atoms with van der Waals surface area (Å²) in [5.41, 5.74) is 1.61. The first-order valence-electron chi connectivity index (χ1n) is 7.19. The van der Waals surface area contributed by atoms with Crippen LogP contribution in [-0.2, 0) is 20.7 Å². The van der Waals surface area contributed by atoms with Crippen LogP contribution >= 0.6 is 11.5 Å². The highest BCUT2D eigenvalue weighted by Gasteiger charge is 2.20. The Morgan fingerprint density at radius 2 is 1.88 bits per heavy atom. The zero-order valence-electron chi connectivity index (χ0n) is 13.3. The van der Waals surface area contributed by atoms with E-state index < -0.39 is 24.4 Å². The largest absolute Gasteiger partial charge is 0.452 e. The van der Waals surface area contributed by atoms with Crippen molar-refractivity contribution in [3.63, 3.8) is 0 Å². The normalized spacial score (nSPS) is 10.1. The fourth-order valence-electron chi connectivity index (χ4n) is 2.00. The van der Waals surface area contributed by atoms with Gasteiger partial charge in [-0.1, -0.05) is 30.3 Å². The Labute approximate surface area is 143 Å². The smallest absolute Gasteiger partial charge is 0.343 e. The zero-order valence-corrected chi connectivity index (χ0v) is 14.1. The Balaban J connectivity index is 1.83. The van der Waals surface area contributed by atoms with Gasteiger partial charge in [0, 0.05) is 7.05 Å². The maximum absolute atomic E-state index is 12.0. The second kappa shape index (κ2) is 8.21. The van der Waals surface area contributed by atoms with Crippen molar-refractivity contribution in [1.29, 1.82) is 0 Å². The average molecular weight is 347 g/mol. The number of aryl methyl sites for hydroxylation is 1. The summed E-state index contributed by atoms with van der Waals surface area (Å²) in [6.07, 6.45) is 0.0813. The molecule has 0 radical (unpaired) electrons. The van der Waals surface area contributed by atoms with Gasteiger partial charge < -0.3 is 10.1 Å². The standard InChI is InChI=1S/C16H17N3O4S/c1-10-14(15(17-2)24-19-10)16(22)23-9-13(21)18-12(20)8-11-6-4-3-5-7-11/h3-7,17H,8-9H2,1-2H3,(H,18,20,21). The molecule has 2 N–H and O–H groups in total. The first kappa shape index (κ1) is 17.6. The Morgan fingerprint density at radius 1 is 1.17 bits per heavy atom. The lowest BCUT2D eigenvalue weighted by Crippen LogP contribution is -2.35. The van der Waals surface area contributed by atoms with Crippen LogP contribution < -0.4 is 10.6 Å². The lowest BCUT2D eigenvalue weighted by Gasteiger charge is -2.07. The number of hydrogen-bond donors (Lipinski definition) is 2. The number of anilines is 1. The predicted molar refractivity (Wildman–Crippen MR) is 90.0 cm³/mol. The van der Waals surface area contributed by atoms with Crippen LogP contribution in [0.4, 0.5) is 5.00 Å². The Hall–Kier alpha value is -2.74. The van der Waals surface area contributed by atoms with Crippen LogP contribution in [0.1, 0.15) is 21.6 Å². The predicted octanol–water partition coefficient (Wildman–Crippen LogP) is 1.54. The third-order valence-corrected chi connectivity index (χ3v) is 4.07. The summed E-state index contributed by atoms with van der Waals surface area (Å²) in [5.74, 6) is -1.78. The van der Waals surface area contributed by atoms with E-state index in [1.165, 1.54) is 0 Å². The summed E-state index contributed by atoms with van der Waals surface area (Å²) < 4.78 is 9.00. The van der Waals surface area contributed by atoms with Gasteiger partial charge in [0.05, 0.1) is 12.1 Å². The molecule has 0 saturated heterocycles. The maximum atomic E-state index is 12.0. The van der Waals surface area contributed by atoms with Gasteiger partial charge in [0.25, 0.3) is 5.91 Å². The van der Waals surface area contributed by atoms with E-state index in [1.54, 1.807) is 26.1 Å². The summed E-state index contributed by atoms with van der Waals surface area (Å²) in [6, 6.07) is 9.03. The van der Waals surface area contributed by atoms with Crippen molar-refractivity contribution < 1.29 is 19.1 Å². The molecule has 1 heterocycles. The number of benzene rings is 1. The van der Waals surface area contributed by atoms with Crippen LogP contribution in [0.2, 0.25) is 0 Å². The minimum atomic E-state index is -0.670. The van der Waals surface area contributed by atoms with Gasteiger partial charge in [-0.3, -0.25) is 14.9 Å². The highest BCUT2D eigenvalue weighted by atomic mass is 32.1. The highest BCUT2D eigenvalue weighted by molar-refractivity contribution is 7.10. The highest BCUT2D eigenvalue weighted by Crippen LogP contribution is 2.24. The molecular weight excluding hydrogens is 330 g/mol. The number of ether oxygens (including phenoxy) is 1. The third kappa shape index (κ3) is 4.63. The van der Waals surface area contributed by atoms with Gasteiger partial charge in [-0.05, 0) is 24.0 Å². The van der Waals surface area contributed by atoms with Crippen molar-refractivity contribution in [2.24, 2.45) is 0 Å². The zero-order chi connectivity index (χ0) is 17.5. The van der Waals surface area contributed by atoms with Crippen molar-refractivity contribution in [2.45, 2.75) is 13.3 Å². The second-order valence-corrected chi connectivity index (χ2v) is 5.71. The van der Waals surface area contributed by atoms with Crippen molar-refractivity contribution in [3.8, 4) is 0 Å². The van der Waals surface area contributed by atoms with Crippen LogP contribution in [0.15, 0.2) is 30.3 Å². The van der Waals surface area contributed by atoms with E-state index in [0.29, 0.717) is 16.3 Å². The molecule has 1 aromatic heterocycles. The number of amides is 2. The van der Waals surface area contributed by atoms with Gasteiger partial charge in [0.1, 0.15) is 10.6 Å². The fraction of sp³-hybridized carbons (Fsp3) is 0.250. The molecule has 0 atom stereocenters. The van der Waals surface area contributed by atoms with Crippen LogP contribution in [0, 0.1) is 6.92 Å². The molecule has 8 heteroatoms. The molecular formula is C16H17N3O4S. The molecule has 126 valence electrons. The second-order valence-electron chi connectivity index (χ2n) is 4.93. The molecule has 1 aromatic carbocycles. The molecule has 0 unspecified atom stereocenters. The minimum Gasteiger partial charge on any atom is -0.452 e. The summed E-state index contributed by atoms with van der Waals surface area (Å²) in [7, 11) is 1.67. The monoisotopic (exact) mass is 347 g/mol. The Bertz CT molecular complexity index is 743. The lowest BCUT2D eigenvalue weighted by molar-refractivity contribution is -0.132. The van der Waals surface area contributed by atoms with Crippen molar-refractivity contribution in [1.82, 2.24) is 9.69 Å². The molecule has 24 heavy (non-hydrogen) atoms. The number of carbonyl (C=O) groups is 3. The molecule has 7 nitrogen and oxygen atoms in total. The van der Waals surface area contributed by atoms with E-state index in [1.807, 2.05) is 18.2 Å². The fourth-order valence-corrected chi connectivity index (χ4v) is 2.73. The van der Waals surface area contributed by atoms with E-state index >= 15 is 0 Å². The van der Waals surface area contributed by atoms with Crippen molar-refractivity contribution >= 4 is 34.3 Å². The molecule has 0 saturated carbocycles. The van der Waals surface area contributed by atoms with Crippen LogP contribution in [0.25, 0.3) is 0 Å². The number of nitrogens with one attached hydrogen (secondary N) is 2. The van der Waals surface area contributed by atoms with Gasteiger partial charge in [-0.2, -0.15) is 4.37 Å². The quantitative estimate of drug-likeness (QED) is 0.769. The van der Waals surface area contributed by atoms with Gasteiger partial charge in [-0.15, -0.1) is 0 Å². The van der Waals surface area contributed by atoms with Crippen LogP contribution in [0.5, 0.6) is 0 Å². The van der Waals surface area contributed by atoms with E-state index in [4.69, 9.17) is 4.74 Å². The summed E-state index contributed by atoms with van der Waals surface area (Å²) in [6.45, 7) is 1.15. The number of imide groups is 1. The van der Waals surface area contributed by atoms with E-state index in [2.05, 4.69) is 15.0 Å². The number of aromatic nitrogens is 1. The lowest BCUT2D eigenvalue weighted by atomic mass is 10.1. The van der Waals surface area contributed by atoms with E-state index in [0.717, 1.165) is 17.1 Å². The van der Waals surface area contributed by atoms with Crippen molar-refractivity contribution in [2.75, 3.05) is 19.0 Å². The van der Waals surface area contributed by atoms with Gasteiger partial charge in [-0.25, -0.2) is 4.79 Å². The molecule has 0 aliphatic carbocycles. The Morgan fingerprint density at radius 3 is 2.54 bits per heavy atom. The third-order valence-electron chi connectivity index (χ3n) is 3.11. The molecule has 0 bridgehead atoms. The summed E-state index contributed by atoms with van der Waals surface area (Å²) in [5, 5.41) is 5.60. The van der Waals surface area contributed by atoms with Crippen molar-refractivity contribution in [3.05, 3.63) is 47.2 Å². The minimum absolute atomic E-state index is 0.0813. The number of rotatable bonds is 6. The molecule has 0 aliphatic heterocycles. The van der Waals surface area contributed by atoms with Crippen LogP contribution in [0.3, 0.4) is 0 Å². The first-order chi connectivity index (χ1) is 11.5. The number of nitrogens with zero attached hydrogens (tertiary/aromatic N) is 1. The number of hydrogen-bond acceptors (Lipinski definition) is 7. The Kier molecular flexibility index (Phi) is 6.02. The van der Waals surface area contributed by atoms with Gasteiger partial charge >= 0.3 is 5.97 Å². The first-order valence-corrected chi connectivity index (χ1v) is 7.96. The molecule has 2 aromatic rings. The molecule has 0 spiro atoms. The van der Waals surface area contributed by atoms with E-state index in [9.17, 15) is 14.4 Å². The number of carbonyl (C=O) groups excluding carboxylic acids is 3. The summed E-state index contributed by atoms with van der Waals surface area (Å²) >= 11 is 1.13. The molecule has 2 rings (SSSR count). The number of esters is 1. The topological polar surface area (TPSA) is 97.4 Å². The molecule has 0 aliphatic rings. The summed E-state index contributed by atoms with van der Waals surface area (Å²) in [4.78, 5) is 35.5.